The molecule has 9 heteroatoms. The number of carbonyl (C=O) groups is 2. The summed E-state index contributed by atoms with van der Waals surface area (Å²) in [4.78, 5) is 24.0. The first kappa shape index (κ1) is 24.1. The second-order valence-corrected chi connectivity index (χ2v) is 10.4. The molecule has 4 aromatic carbocycles. The number of nitrogens with two attached hydrogens (primary N) is 2. The van der Waals surface area contributed by atoms with Crippen molar-refractivity contribution in [2.24, 2.45) is 11.5 Å². The maximum absolute atomic E-state index is 12.5. The van der Waals surface area contributed by atoms with Crippen LogP contribution in [0.15, 0.2) is 91.0 Å². The first-order valence-electron chi connectivity index (χ1n) is 11.4. The Morgan fingerprint density at radius 1 is 0.784 bits per heavy atom. The van der Waals surface area contributed by atoms with E-state index in [0.717, 1.165) is 22.2 Å². The van der Waals surface area contributed by atoms with Crippen molar-refractivity contribution in [2.75, 3.05) is 5.94 Å². The number of benzene rings is 4. The Balaban J connectivity index is 1.89. The third-order valence-corrected chi connectivity index (χ3v) is 7.25. The largest absolute Gasteiger partial charge is 0.475 e. The number of aromatic nitrogens is 1. The highest BCUT2D eigenvalue weighted by Crippen LogP contribution is 2.43. The van der Waals surface area contributed by atoms with Crippen molar-refractivity contribution >= 4 is 42.8 Å². The Hall–Kier alpha value is -4.63. The van der Waals surface area contributed by atoms with Gasteiger partial charge in [0.2, 0.25) is 5.91 Å². The summed E-state index contributed by atoms with van der Waals surface area (Å²) < 4.78 is 32.0. The Bertz CT molecular complexity index is 1760. The molecule has 4 N–H and O–H groups in total. The van der Waals surface area contributed by atoms with Crippen LogP contribution in [0.5, 0.6) is 5.75 Å². The van der Waals surface area contributed by atoms with E-state index in [9.17, 15) is 18.0 Å². The van der Waals surface area contributed by atoms with E-state index in [-0.39, 0.29) is 5.75 Å². The summed E-state index contributed by atoms with van der Waals surface area (Å²) >= 11 is 0. The molecule has 0 bridgehead atoms. The second-order valence-electron chi connectivity index (χ2n) is 8.53. The average Bonchev–Trinajstić information content (AvgIpc) is 3.23. The Morgan fingerprint density at radius 2 is 1.46 bits per heavy atom. The van der Waals surface area contributed by atoms with Crippen LogP contribution in [0, 0.1) is 0 Å². The van der Waals surface area contributed by atoms with Crippen molar-refractivity contribution in [2.45, 2.75) is 6.54 Å². The average molecular weight is 514 g/mol. The monoisotopic (exact) mass is 513 g/mol. The molecule has 0 aliphatic heterocycles. The number of sulfone groups is 1. The lowest BCUT2D eigenvalue weighted by Crippen LogP contribution is -2.27. The molecule has 0 aliphatic carbocycles. The van der Waals surface area contributed by atoms with Crippen molar-refractivity contribution in [3.8, 4) is 16.9 Å². The highest BCUT2D eigenvalue weighted by molar-refractivity contribution is 8.05. The Labute approximate surface area is 213 Å². The van der Waals surface area contributed by atoms with E-state index in [2.05, 4.69) is 0 Å². The molecule has 0 spiro atoms. The summed E-state index contributed by atoms with van der Waals surface area (Å²) in [5.74, 6) is -1.29. The molecular formula is C28H23N3O5S. The van der Waals surface area contributed by atoms with Gasteiger partial charge in [-0.15, -0.1) is 0 Å². The van der Waals surface area contributed by atoms with Crippen LogP contribution in [0.1, 0.15) is 15.9 Å². The standard InChI is InChI=1S/C28H23N3O5S/c29-27(32)21-12-7-13-22-24(21)25-20(19-10-5-2-6-11-19)14-15-23(36-17-37(34,35)28(30)33)26(25)31(22)16-18-8-3-1-4-9-18/h1-15H,16-17H2,(H2,29,32)(H2,30,33). The van der Waals surface area contributed by atoms with E-state index in [4.69, 9.17) is 16.2 Å². The minimum atomic E-state index is -4.32. The fourth-order valence-electron chi connectivity index (χ4n) is 4.55. The zero-order chi connectivity index (χ0) is 26.2. The van der Waals surface area contributed by atoms with Crippen LogP contribution < -0.4 is 16.2 Å². The summed E-state index contributed by atoms with van der Waals surface area (Å²) in [6.45, 7) is 0.403. The van der Waals surface area contributed by atoms with E-state index in [1.807, 2.05) is 71.3 Å². The highest BCUT2D eigenvalue weighted by Gasteiger charge is 2.25. The van der Waals surface area contributed by atoms with E-state index in [1.54, 1.807) is 24.3 Å². The zero-order valence-electron chi connectivity index (χ0n) is 19.6. The lowest BCUT2D eigenvalue weighted by atomic mass is 9.97. The molecule has 0 atom stereocenters. The van der Waals surface area contributed by atoms with Crippen molar-refractivity contribution in [1.82, 2.24) is 4.57 Å². The summed E-state index contributed by atoms with van der Waals surface area (Å²) in [6, 6.07) is 28.0. The Morgan fingerprint density at radius 3 is 2.11 bits per heavy atom. The molecule has 0 unspecified atom stereocenters. The maximum Gasteiger partial charge on any atom is 0.337 e. The molecule has 8 nitrogen and oxygen atoms in total. The summed E-state index contributed by atoms with van der Waals surface area (Å²) in [5, 5.41) is -0.158. The summed E-state index contributed by atoms with van der Waals surface area (Å²) in [6.07, 6.45) is 0. The van der Waals surface area contributed by atoms with Gasteiger partial charge in [0.15, 0.2) is 5.94 Å². The Kier molecular flexibility index (Phi) is 6.14. The predicted molar refractivity (Wildman–Crippen MR) is 143 cm³/mol. The molecule has 186 valence electrons. The molecule has 5 aromatic rings. The van der Waals surface area contributed by atoms with Crippen molar-refractivity contribution < 1.29 is 22.7 Å². The third kappa shape index (κ3) is 4.41. The van der Waals surface area contributed by atoms with Gasteiger partial charge in [-0.05, 0) is 41.0 Å². The zero-order valence-corrected chi connectivity index (χ0v) is 20.4. The first-order valence-corrected chi connectivity index (χ1v) is 13.0. The SMILES string of the molecule is NC(=O)c1cccc2c1c1c(-c3ccccc3)ccc(OCS(=O)(=O)C(N)=O)c1n2Cc1ccccc1. The third-order valence-electron chi connectivity index (χ3n) is 6.20. The van der Waals surface area contributed by atoms with Crippen molar-refractivity contribution in [3.63, 3.8) is 0 Å². The molecular weight excluding hydrogens is 490 g/mol. The van der Waals surface area contributed by atoms with Gasteiger partial charge < -0.3 is 20.8 Å². The van der Waals surface area contributed by atoms with E-state index in [0.29, 0.717) is 28.4 Å². The van der Waals surface area contributed by atoms with Crippen LogP contribution in [0.4, 0.5) is 4.79 Å². The van der Waals surface area contributed by atoms with Gasteiger partial charge in [0.05, 0.1) is 11.0 Å². The lowest BCUT2D eigenvalue weighted by molar-refractivity contribution is 0.100. The maximum atomic E-state index is 12.5. The predicted octanol–water partition coefficient (Wildman–Crippen LogP) is 4.44. The molecule has 2 amide bonds. The van der Waals surface area contributed by atoms with Crippen LogP contribution in [0.2, 0.25) is 0 Å². The number of hydrogen-bond acceptors (Lipinski definition) is 5. The molecule has 0 fully saturated rings. The number of hydrogen-bond donors (Lipinski definition) is 2. The van der Waals surface area contributed by atoms with Crippen LogP contribution in [0.25, 0.3) is 32.9 Å². The highest BCUT2D eigenvalue weighted by atomic mass is 32.2. The van der Waals surface area contributed by atoms with E-state index < -0.39 is 26.9 Å². The molecule has 1 heterocycles. The summed E-state index contributed by atoms with van der Waals surface area (Å²) in [5.41, 5.74) is 15.1. The van der Waals surface area contributed by atoms with Gasteiger partial charge in [0.25, 0.3) is 9.84 Å². The molecule has 1 aromatic heterocycles. The fraction of sp³-hybridized carbons (Fsp3) is 0.0714. The van der Waals surface area contributed by atoms with E-state index in [1.165, 1.54) is 0 Å². The topological polar surface area (TPSA) is 134 Å². The molecule has 5 rings (SSSR count). The quantitative estimate of drug-likeness (QED) is 0.332. The molecule has 0 saturated carbocycles. The number of rotatable bonds is 7. The molecule has 37 heavy (non-hydrogen) atoms. The van der Waals surface area contributed by atoms with Crippen LogP contribution in [-0.2, 0) is 16.4 Å². The van der Waals surface area contributed by atoms with Gasteiger partial charge >= 0.3 is 5.24 Å². The number of fused-ring (bicyclic) bond motifs is 3. The van der Waals surface area contributed by atoms with Crippen molar-refractivity contribution in [1.29, 1.82) is 0 Å². The number of carbonyl (C=O) groups excluding carboxylic acids is 2. The second kappa shape index (κ2) is 9.44. The smallest absolute Gasteiger partial charge is 0.337 e. The molecule has 0 radical (unpaired) electrons. The van der Waals surface area contributed by atoms with Gasteiger partial charge in [-0.3, -0.25) is 9.59 Å². The lowest BCUT2D eigenvalue weighted by Gasteiger charge is -2.14. The minimum Gasteiger partial charge on any atom is -0.475 e. The van der Waals surface area contributed by atoms with Gasteiger partial charge in [0, 0.05) is 22.9 Å². The van der Waals surface area contributed by atoms with Gasteiger partial charge in [0.1, 0.15) is 5.75 Å². The van der Waals surface area contributed by atoms with Gasteiger partial charge in [-0.2, -0.15) is 0 Å². The number of amides is 2. The van der Waals surface area contributed by atoms with Crippen LogP contribution in [-0.4, -0.2) is 30.1 Å². The molecule has 0 saturated heterocycles. The fourth-order valence-corrected chi connectivity index (χ4v) is 4.95. The number of primary amides is 2. The summed E-state index contributed by atoms with van der Waals surface area (Å²) in [7, 11) is -4.32. The molecule has 0 aliphatic rings. The first-order chi connectivity index (χ1) is 17.8. The minimum absolute atomic E-state index is 0.224. The van der Waals surface area contributed by atoms with Crippen LogP contribution >= 0.6 is 0 Å². The van der Waals surface area contributed by atoms with Gasteiger partial charge in [-0.25, -0.2) is 8.42 Å². The number of ether oxygens (including phenoxy) is 1. The van der Waals surface area contributed by atoms with Crippen LogP contribution in [0.3, 0.4) is 0 Å². The number of nitrogens with zero attached hydrogens (tertiary/aromatic N) is 1. The van der Waals surface area contributed by atoms with E-state index >= 15 is 0 Å². The van der Waals surface area contributed by atoms with Crippen molar-refractivity contribution in [3.05, 3.63) is 102 Å². The normalized spacial score (nSPS) is 11.6. The van der Waals surface area contributed by atoms with Gasteiger partial charge in [-0.1, -0.05) is 66.7 Å².